The molecule has 4 rings (SSSR count). The maximum Gasteiger partial charge on any atom is 0.262 e. The zero-order valence-electron chi connectivity index (χ0n) is 14.1. The van der Waals surface area contributed by atoms with Crippen LogP contribution in [0.5, 0.6) is 0 Å². The Morgan fingerprint density at radius 1 is 1.00 bits per heavy atom. The van der Waals surface area contributed by atoms with E-state index in [9.17, 15) is 4.79 Å². The van der Waals surface area contributed by atoms with Crippen LogP contribution in [-0.2, 0) is 0 Å². The normalized spacial score (nSPS) is 11.3. The fraction of sp³-hybridized carbons (Fsp3) is 0.150. The van der Waals surface area contributed by atoms with Gasteiger partial charge in [-0.1, -0.05) is 56.3 Å². The molecule has 124 valence electrons. The quantitative estimate of drug-likeness (QED) is 0.619. The van der Waals surface area contributed by atoms with Crippen molar-refractivity contribution >= 4 is 11.0 Å². The third-order valence-corrected chi connectivity index (χ3v) is 4.29. The third kappa shape index (κ3) is 2.74. The SMILES string of the molecule is CC(C)c1ccc(-n2ncc3c(=O)[nH]c(-c4ccccc4)nc32)cc1. The molecule has 5 nitrogen and oxygen atoms in total. The zero-order chi connectivity index (χ0) is 17.4. The summed E-state index contributed by atoms with van der Waals surface area (Å²) in [6.07, 6.45) is 1.56. The Morgan fingerprint density at radius 2 is 1.72 bits per heavy atom. The van der Waals surface area contributed by atoms with E-state index in [1.54, 1.807) is 10.9 Å². The third-order valence-electron chi connectivity index (χ3n) is 4.29. The number of rotatable bonds is 3. The number of fused-ring (bicyclic) bond motifs is 1. The Kier molecular flexibility index (Phi) is 3.69. The molecule has 1 N–H and O–H groups in total. The van der Waals surface area contributed by atoms with Crippen LogP contribution >= 0.6 is 0 Å². The summed E-state index contributed by atoms with van der Waals surface area (Å²) in [6.45, 7) is 4.32. The van der Waals surface area contributed by atoms with E-state index in [4.69, 9.17) is 0 Å². The van der Waals surface area contributed by atoms with Crippen molar-refractivity contribution < 1.29 is 0 Å². The smallest absolute Gasteiger partial charge is 0.262 e. The Hall–Kier alpha value is -3.21. The number of aromatic amines is 1. The molecule has 0 radical (unpaired) electrons. The van der Waals surface area contributed by atoms with Gasteiger partial charge < -0.3 is 4.98 Å². The molecule has 0 saturated heterocycles. The molecule has 0 aliphatic heterocycles. The van der Waals surface area contributed by atoms with E-state index in [1.165, 1.54) is 5.56 Å². The van der Waals surface area contributed by atoms with Crippen LogP contribution in [0.2, 0.25) is 0 Å². The van der Waals surface area contributed by atoms with E-state index in [0.29, 0.717) is 22.8 Å². The van der Waals surface area contributed by atoms with Gasteiger partial charge in [-0.3, -0.25) is 4.79 Å². The first-order valence-electron chi connectivity index (χ1n) is 8.27. The summed E-state index contributed by atoms with van der Waals surface area (Å²) in [5.74, 6) is 1.01. The van der Waals surface area contributed by atoms with Crippen LogP contribution in [0.4, 0.5) is 0 Å². The maximum atomic E-state index is 12.4. The average Bonchev–Trinajstić information content (AvgIpc) is 3.07. The minimum atomic E-state index is -0.186. The van der Waals surface area contributed by atoms with E-state index < -0.39 is 0 Å². The number of nitrogens with one attached hydrogen (secondary N) is 1. The molecule has 0 atom stereocenters. The van der Waals surface area contributed by atoms with Crippen molar-refractivity contribution in [3.8, 4) is 17.1 Å². The molecule has 0 saturated carbocycles. The summed E-state index contributed by atoms with van der Waals surface area (Å²) in [5, 5.41) is 4.85. The number of aromatic nitrogens is 4. The molecular weight excluding hydrogens is 312 g/mol. The van der Waals surface area contributed by atoms with Crippen molar-refractivity contribution in [1.29, 1.82) is 0 Å². The molecular formula is C20H18N4O. The van der Waals surface area contributed by atoms with E-state index >= 15 is 0 Å². The summed E-state index contributed by atoms with van der Waals surface area (Å²) in [5.41, 5.74) is 3.38. The lowest BCUT2D eigenvalue weighted by atomic mass is 10.0. The van der Waals surface area contributed by atoms with E-state index in [-0.39, 0.29) is 5.56 Å². The van der Waals surface area contributed by atoms with Crippen LogP contribution in [0.3, 0.4) is 0 Å². The fourth-order valence-corrected chi connectivity index (χ4v) is 2.84. The van der Waals surface area contributed by atoms with E-state index in [1.807, 2.05) is 42.5 Å². The highest BCUT2D eigenvalue weighted by Crippen LogP contribution is 2.20. The monoisotopic (exact) mass is 330 g/mol. The predicted octanol–water partition coefficient (Wildman–Crippen LogP) is 3.90. The van der Waals surface area contributed by atoms with Gasteiger partial charge in [-0.25, -0.2) is 9.67 Å². The summed E-state index contributed by atoms with van der Waals surface area (Å²) in [7, 11) is 0. The second kappa shape index (κ2) is 6.02. The molecule has 0 spiro atoms. The summed E-state index contributed by atoms with van der Waals surface area (Å²) >= 11 is 0. The standard InChI is InChI=1S/C20H18N4O/c1-13(2)14-8-10-16(11-9-14)24-19-17(12-21-24)20(25)23-18(22-19)15-6-4-3-5-7-15/h3-13H,1-2H3,(H,22,23,25). The fourth-order valence-electron chi connectivity index (χ4n) is 2.84. The first kappa shape index (κ1) is 15.3. The van der Waals surface area contributed by atoms with Crippen molar-refractivity contribution in [2.45, 2.75) is 19.8 Å². The van der Waals surface area contributed by atoms with Gasteiger partial charge in [0, 0.05) is 5.56 Å². The number of hydrogen-bond acceptors (Lipinski definition) is 3. The minimum absolute atomic E-state index is 0.186. The first-order chi connectivity index (χ1) is 12.1. The second-order valence-corrected chi connectivity index (χ2v) is 6.32. The summed E-state index contributed by atoms with van der Waals surface area (Å²) in [6, 6.07) is 17.8. The van der Waals surface area contributed by atoms with Gasteiger partial charge in [0.2, 0.25) is 0 Å². The molecule has 0 aliphatic carbocycles. The summed E-state index contributed by atoms with van der Waals surface area (Å²) < 4.78 is 1.71. The molecule has 5 heteroatoms. The number of nitrogens with zero attached hydrogens (tertiary/aromatic N) is 3. The highest BCUT2D eigenvalue weighted by molar-refractivity contribution is 5.77. The topological polar surface area (TPSA) is 63.6 Å². The van der Waals surface area contributed by atoms with Gasteiger partial charge in [-0.2, -0.15) is 5.10 Å². The molecule has 0 bridgehead atoms. The molecule has 0 aliphatic rings. The number of benzene rings is 2. The average molecular weight is 330 g/mol. The molecule has 0 unspecified atom stereocenters. The Morgan fingerprint density at radius 3 is 2.40 bits per heavy atom. The van der Waals surface area contributed by atoms with Crippen LogP contribution < -0.4 is 5.56 Å². The minimum Gasteiger partial charge on any atom is -0.306 e. The molecule has 4 aromatic rings. The second-order valence-electron chi connectivity index (χ2n) is 6.32. The maximum absolute atomic E-state index is 12.4. The van der Waals surface area contributed by atoms with Gasteiger partial charge >= 0.3 is 0 Å². The molecule has 0 amide bonds. The lowest BCUT2D eigenvalue weighted by Gasteiger charge is -2.08. The highest BCUT2D eigenvalue weighted by atomic mass is 16.1. The van der Waals surface area contributed by atoms with Crippen LogP contribution in [-0.4, -0.2) is 19.7 Å². The zero-order valence-corrected chi connectivity index (χ0v) is 14.1. The lowest BCUT2D eigenvalue weighted by Crippen LogP contribution is -2.10. The molecule has 2 aromatic carbocycles. The van der Waals surface area contributed by atoms with Gasteiger partial charge in [-0.05, 0) is 23.6 Å². The largest absolute Gasteiger partial charge is 0.306 e. The van der Waals surface area contributed by atoms with Gasteiger partial charge in [0.15, 0.2) is 5.65 Å². The lowest BCUT2D eigenvalue weighted by molar-refractivity contribution is 0.858. The van der Waals surface area contributed by atoms with E-state index in [2.05, 4.69) is 41.0 Å². The van der Waals surface area contributed by atoms with Crippen LogP contribution in [0.15, 0.2) is 65.6 Å². The van der Waals surface area contributed by atoms with Gasteiger partial charge in [-0.15, -0.1) is 0 Å². The molecule has 2 aromatic heterocycles. The first-order valence-corrected chi connectivity index (χ1v) is 8.27. The van der Waals surface area contributed by atoms with Crippen molar-refractivity contribution in [2.24, 2.45) is 0 Å². The van der Waals surface area contributed by atoms with Crippen LogP contribution in [0, 0.1) is 0 Å². The Bertz CT molecular complexity index is 1080. The molecule has 25 heavy (non-hydrogen) atoms. The van der Waals surface area contributed by atoms with Crippen LogP contribution in [0.25, 0.3) is 28.1 Å². The molecule has 0 fully saturated rings. The van der Waals surface area contributed by atoms with Crippen molar-refractivity contribution in [1.82, 2.24) is 19.7 Å². The van der Waals surface area contributed by atoms with Gasteiger partial charge in [0.25, 0.3) is 5.56 Å². The Balaban J connectivity index is 1.88. The van der Waals surface area contributed by atoms with Gasteiger partial charge in [0.1, 0.15) is 11.2 Å². The van der Waals surface area contributed by atoms with Crippen LogP contribution in [0.1, 0.15) is 25.3 Å². The van der Waals surface area contributed by atoms with Crippen molar-refractivity contribution in [3.05, 3.63) is 76.7 Å². The van der Waals surface area contributed by atoms with Gasteiger partial charge in [0.05, 0.1) is 11.9 Å². The predicted molar refractivity (Wildman–Crippen MR) is 99.0 cm³/mol. The van der Waals surface area contributed by atoms with Crippen molar-refractivity contribution in [3.63, 3.8) is 0 Å². The highest BCUT2D eigenvalue weighted by Gasteiger charge is 2.12. The molecule has 2 heterocycles. The van der Waals surface area contributed by atoms with Crippen molar-refractivity contribution in [2.75, 3.05) is 0 Å². The number of H-pyrrole nitrogens is 1. The number of hydrogen-bond donors (Lipinski definition) is 1. The Labute approximate surface area is 145 Å². The summed E-state index contributed by atoms with van der Waals surface area (Å²) in [4.78, 5) is 19.9. The van der Waals surface area contributed by atoms with E-state index in [0.717, 1.165) is 11.3 Å².